The fraction of sp³-hybridized carbons (Fsp3) is 0.958. The van der Waals surface area contributed by atoms with Crippen LogP contribution in [-0.2, 0) is 15.7 Å². The van der Waals surface area contributed by atoms with Gasteiger partial charge >= 0.3 is 196 Å². The molecule has 0 rings (SSSR count). The van der Waals surface area contributed by atoms with E-state index in [9.17, 15) is 19.8 Å². The third-order valence-electron chi connectivity index (χ3n) is 9.93. The number of carboxylic acids is 2. The number of hydrogen-bond acceptors (Lipinski definition) is 6. The molecular formula is C48H100O6Sn2. The van der Waals surface area contributed by atoms with E-state index in [0.717, 1.165) is 38.9 Å². The molecule has 0 heterocycles. The van der Waals surface area contributed by atoms with Gasteiger partial charge in [-0.2, -0.15) is 0 Å². The van der Waals surface area contributed by atoms with Gasteiger partial charge in [0.2, 0.25) is 0 Å². The molecule has 8 heteroatoms. The first-order valence-electron chi connectivity index (χ1n) is 24.6. The third kappa shape index (κ3) is 61.1. The summed E-state index contributed by atoms with van der Waals surface area (Å²) in [6, 6.07) is 0. The van der Waals surface area contributed by atoms with Gasteiger partial charge in [0.25, 0.3) is 0 Å². The average Bonchev–Trinajstić information content (AvgIpc) is 3.18. The molecule has 0 saturated heterocycles. The molecule has 336 valence electrons. The van der Waals surface area contributed by atoms with Crippen molar-refractivity contribution < 1.29 is 26.0 Å². The van der Waals surface area contributed by atoms with Crippen molar-refractivity contribution in [1.29, 1.82) is 0 Å². The van der Waals surface area contributed by atoms with E-state index in [1.807, 2.05) is 0 Å². The first-order chi connectivity index (χ1) is 27.2. The van der Waals surface area contributed by atoms with Crippen LogP contribution in [0.2, 0.25) is 17.7 Å². The molecule has 0 atom stereocenters. The Hall–Kier alpha value is 0.457. The van der Waals surface area contributed by atoms with E-state index in [2.05, 4.69) is 55.4 Å². The summed E-state index contributed by atoms with van der Waals surface area (Å²) in [5, 5.41) is 20.2. The Morgan fingerprint density at radius 3 is 0.911 bits per heavy atom. The third-order valence-corrected chi connectivity index (χ3v) is 24.5. The molecule has 0 fully saturated rings. The predicted octanol–water partition coefficient (Wildman–Crippen LogP) is 14.1. The fourth-order valence-corrected chi connectivity index (χ4v) is 20.8. The van der Waals surface area contributed by atoms with Crippen molar-refractivity contribution in [3.05, 3.63) is 0 Å². The maximum absolute atomic E-state index is 10.1. The first kappa shape index (κ1) is 63.1. The molecule has 0 aliphatic rings. The number of rotatable bonds is 40. The van der Waals surface area contributed by atoms with E-state index in [1.54, 1.807) is 8.87 Å². The van der Waals surface area contributed by atoms with Gasteiger partial charge in [0.1, 0.15) is 0 Å². The van der Waals surface area contributed by atoms with Crippen molar-refractivity contribution in [2.24, 2.45) is 0 Å². The summed E-state index contributed by atoms with van der Waals surface area (Å²) in [7, 11) is 0. The zero-order valence-electron chi connectivity index (χ0n) is 39.3. The normalized spacial score (nSPS) is 10.7. The topological polar surface area (TPSA) is 98.7 Å². The molecule has 6 nitrogen and oxygen atoms in total. The minimum atomic E-state index is -2.74. The van der Waals surface area contributed by atoms with Crippen LogP contribution in [0.3, 0.4) is 0 Å². The zero-order valence-corrected chi connectivity index (χ0v) is 45.0. The Balaban J connectivity index is -0.000000332. The second kappa shape index (κ2) is 57.6. The molecule has 0 aromatic carbocycles. The summed E-state index contributed by atoms with van der Waals surface area (Å²) in [4.78, 5) is 20.2. The van der Waals surface area contributed by atoms with Crippen LogP contribution in [-0.4, -0.2) is 65.5 Å². The second-order valence-electron chi connectivity index (χ2n) is 15.9. The van der Waals surface area contributed by atoms with Gasteiger partial charge in [-0.05, 0) is 25.7 Å². The SMILES string of the molecule is CCCCCCCCCCCC(=O)[O-].CCCCCCCCCCCC(=O)[O-].CCCC[O][Sn]([CH2]CCC)([CH2]CCC)[O]CCCC.CCC[CH2][Sn+2][CH2]CCC. The van der Waals surface area contributed by atoms with Gasteiger partial charge in [-0.1, -0.05) is 117 Å². The van der Waals surface area contributed by atoms with E-state index >= 15 is 0 Å². The summed E-state index contributed by atoms with van der Waals surface area (Å²) in [6.45, 7) is 19.9. The van der Waals surface area contributed by atoms with E-state index in [0.29, 0.717) is 0 Å². The van der Waals surface area contributed by atoms with Crippen molar-refractivity contribution in [3.8, 4) is 0 Å². The van der Waals surface area contributed by atoms with Gasteiger partial charge in [0.15, 0.2) is 0 Å². The molecule has 0 radical (unpaired) electrons. The van der Waals surface area contributed by atoms with Crippen molar-refractivity contribution in [3.63, 3.8) is 0 Å². The van der Waals surface area contributed by atoms with Gasteiger partial charge in [-0.3, -0.25) is 0 Å². The van der Waals surface area contributed by atoms with Crippen LogP contribution in [0.5, 0.6) is 0 Å². The molecule has 0 unspecified atom stereocenters. The van der Waals surface area contributed by atoms with Crippen LogP contribution < -0.4 is 10.2 Å². The molecule has 0 aromatic rings. The monoisotopic (exact) mass is 1010 g/mol. The van der Waals surface area contributed by atoms with Crippen LogP contribution in [0.25, 0.3) is 0 Å². The van der Waals surface area contributed by atoms with E-state index in [1.165, 1.54) is 176 Å². The van der Waals surface area contributed by atoms with Crippen molar-refractivity contribution in [1.82, 2.24) is 0 Å². The van der Waals surface area contributed by atoms with E-state index in [4.69, 9.17) is 6.15 Å². The van der Waals surface area contributed by atoms with Gasteiger partial charge < -0.3 is 19.8 Å². The van der Waals surface area contributed by atoms with Crippen molar-refractivity contribution in [2.75, 3.05) is 13.2 Å². The Labute approximate surface area is 367 Å². The Kier molecular flexibility index (Phi) is 64.8. The van der Waals surface area contributed by atoms with Crippen molar-refractivity contribution in [2.45, 2.75) is 279 Å². The van der Waals surface area contributed by atoms with E-state index < -0.39 is 31.1 Å². The number of carbonyl (C=O) groups is 2. The quantitative estimate of drug-likeness (QED) is 0.0448. The second-order valence-corrected chi connectivity index (χ2v) is 29.9. The molecule has 0 amide bonds. The summed E-state index contributed by atoms with van der Waals surface area (Å²) >= 11 is -2.59. The number of carboxylic acid groups (broad SMARTS) is 2. The summed E-state index contributed by atoms with van der Waals surface area (Å²) < 4.78 is 18.6. The Bertz CT molecular complexity index is 666. The standard InChI is InChI=1S/2C12H24O2.2C4H9O.4C4H9.2Sn/c2*1-2-3-4-5-6-7-8-9-10-11-12(13)14;2*1-2-3-4-5;4*1-3-4-2;;/h2*2-11H2,1H3,(H,13,14);2*2-4H2,1H3;4*1,3-4H2,2H3;;/q;;2*-1;;;;;2*+2/p-2. The van der Waals surface area contributed by atoms with Gasteiger partial charge in [-0.25, -0.2) is 0 Å². The molecule has 56 heavy (non-hydrogen) atoms. The summed E-state index contributed by atoms with van der Waals surface area (Å²) in [5.74, 6) is -1.82. The average molecular weight is 1010 g/mol. The van der Waals surface area contributed by atoms with Gasteiger partial charge in [-0.15, -0.1) is 0 Å². The summed E-state index contributed by atoms with van der Waals surface area (Å²) in [6.07, 6.45) is 38.1. The Morgan fingerprint density at radius 1 is 0.375 bits per heavy atom. The molecule has 0 saturated carbocycles. The van der Waals surface area contributed by atoms with Crippen LogP contribution in [0, 0.1) is 0 Å². The zero-order chi connectivity index (χ0) is 42.6. The van der Waals surface area contributed by atoms with Crippen molar-refractivity contribution >= 4 is 52.3 Å². The molecule has 0 bridgehead atoms. The molecular weight excluding hydrogens is 910 g/mol. The minimum absolute atomic E-state index is 0.149. The van der Waals surface area contributed by atoms with Gasteiger partial charge in [0.05, 0.1) is 0 Å². The predicted molar refractivity (Wildman–Crippen MR) is 246 cm³/mol. The van der Waals surface area contributed by atoms with Crippen LogP contribution in [0.1, 0.15) is 261 Å². The van der Waals surface area contributed by atoms with Crippen LogP contribution in [0.4, 0.5) is 0 Å². The number of carbonyl (C=O) groups excluding carboxylic acids is 2. The maximum atomic E-state index is 10.1. The van der Waals surface area contributed by atoms with E-state index in [-0.39, 0.29) is 34.0 Å². The molecule has 0 aromatic heterocycles. The molecule has 0 spiro atoms. The Morgan fingerprint density at radius 2 is 0.643 bits per heavy atom. The number of aliphatic carboxylic acids is 2. The summed E-state index contributed by atoms with van der Waals surface area (Å²) in [5.41, 5.74) is 0. The van der Waals surface area contributed by atoms with Crippen LogP contribution >= 0.6 is 0 Å². The van der Waals surface area contributed by atoms with Gasteiger partial charge in [0, 0.05) is 11.9 Å². The number of hydrogen-bond donors (Lipinski definition) is 0. The molecule has 0 aliphatic carbocycles. The molecule has 0 aliphatic heterocycles. The number of unbranched alkanes of at least 4 members (excludes halogenated alkanes) is 22. The van der Waals surface area contributed by atoms with Crippen LogP contribution in [0.15, 0.2) is 0 Å². The molecule has 0 N–H and O–H groups in total. The fourth-order valence-electron chi connectivity index (χ4n) is 6.04. The first-order valence-corrected chi connectivity index (χ1v) is 35.0.